The Bertz CT molecular complexity index is 1130. The molecule has 0 aliphatic rings. The number of carbonyl (C=O) groups is 1. The predicted octanol–water partition coefficient (Wildman–Crippen LogP) is 3.87. The summed E-state index contributed by atoms with van der Waals surface area (Å²) in [6.07, 6.45) is 0. The van der Waals surface area contributed by atoms with Gasteiger partial charge in [0.15, 0.2) is 5.15 Å². The van der Waals surface area contributed by atoms with Crippen molar-refractivity contribution in [3.05, 3.63) is 90.9 Å². The molecule has 8 nitrogen and oxygen atoms in total. The second-order valence-corrected chi connectivity index (χ2v) is 6.60. The number of hydrogen-bond acceptors (Lipinski definition) is 6. The van der Waals surface area contributed by atoms with Crippen LogP contribution in [0.1, 0.15) is 5.56 Å². The summed E-state index contributed by atoms with van der Waals surface area (Å²) in [5.74, 6) is -0.704. The third-order valence-corrected chi connectivity index (χ3v) is 4.55. The largest absolute Gasteiger partial charge is 0.459 e. The Morgan fingerprint density at radius 3 is 2.55 bits per heavy atom. The quantitative estimate of drug-likeness (QED) is 0.332. The van der Waals surface area contributed by atoms with Crippen LogP contribution in [-0.4, -0.2) is 20.4 Å². The number of carbonyl (C=O) groups excluding carboxylic acids is 1. The highest BCUT2D eigenvalue weighted by molar-refractivity contribution is 6.33. The lowest BCUT2D eigenvalue weighted by molar-refractivity contribution is -0.384. The third-order valence-electron chi connectivity index (χ3n) is 3.92. The fourth-order valence-corrected chi connectivity index (χ4v) is 3.00. The Morgan fingerprint density at radius 1 is 1.14 bits per heavy atom. The number of aromatic nitrogens is 2. The highest BCUT2D eigenvalue weighted by atomic mass is 35.5. The number of hydrogen-bond donors (Lipinski definition) is 0. The van der Waals surface area contributed by atoms with Crippen molar-refractivity contribution >= 4 is 34.9 Å². The molecular formula is C19H13Cl2N3O5. The summed E-state index contributed by atoms with van der Waals surface area (Å²) < 4.78 is 6.08. The van der Waals surface area contributed by atoms with Crippen molar-refractivity contribution in [2.45, 2.75) is 13.2 Å². The lowest BCUT2D eigenvalue weighted by Crippen LogP contribution is -2.27. The van der Waals surface area contributed by atoms with Gasteiger partial charge in [0.1, 0.15) is 24.0 Å². The van der Waals surface area contributed by atoms with Crippen LogP contribution in [0.2, 0.25) is 10.3 Å². The smallest absolute Gasteiger partial charge is 0.326 e. The first-order chi connectivity index (χ1) is 13.9. The van der Waals surface area contributed by atoms with Crippen molar-refractivity contribution < 1.29 is 14.5 Å². The van der Waals surface area contributed by atoms with Gasteiger partial charge in [0.2, 0.25) is 0 Å². The maximum Gasteiger partial charge on any atom is 0.326 e. The molecule has 0 saturated carbocycles. The van der Waals surface area contributed by atoms with Crippen LogP contribution < -0.4 is 5.56 Å². The first-order valence-electron chi connectivity index (χ1n) is 8.27. The van der Waals surface area contributed by atoms with Crippen molar-refractivity contribution in [1.29, 1.82) is 0 Å². The third kappa shape index (κ3) is 4.79. The number of benzene rings is 2. The van der Waals surface area contributed by atoms with Gasteiger partial charge in [-0.25, -0.2) is 4.98 Å². The molecule has 29 heavy (non-hydrogen) atoms. The van der Waals surface area contributed by atoms with Gasteiger partial charge in [0.05, 0.1) is 4.92 Å². The van der Waals surface area contributed by atoms with Crippen molar-refractivity contribution in [1.82, 2.24) is 9.55 Å². The number of ether oxygens (including phenoxy) is 1. The predicted molar refractivity (Wildman–Crippen MR) is 107 cm³/mol. The zero-order chi connectivity index (χ0) is 21.0. The van der Waals surface area contributed by atoms with E-state index in [0.29, 0.717) is 0 Å². The maximum atomic E-state index is 12.3. The highest BCUT2D eigenvalue weighted by Crippen LogP contribution is 2.28. The van der Waals surface area contributed by atoms with E-state index in [1.165, 1.54) is 24.3 Å². The van der Waals surface area contributed by atoms with E-state index in [1.54, 1.807) is 24.3 Å². The van der Waals surface area contributed by atoms with Crippen molar-refractivity contribution in [3.8, 4) is 11.3 Å². The number of rotatable bonds is 6. The molecular weight excluding hydrogens is 421 g/mol. The molecule has 1 heterocycles. The molecule has 0 aliphatic carbocycles. The Balaban J connectivity index is 1.89. The summed E-state index contributed by atoms with van der Waals surface area (Å²) in [7, 11) is 0. The van der Waals surface area contributed by atoms with Crippen LogP contribution in [-0.2, 0) is 22.7 Å². The van der Waals surface area contributed by atoms with E-state index < -0.39 is 28.1 Å². The van der Waals surface area contributed by atoms with Crippen LogP contribution in [0.5, 0.6) is 0 Å². The molecule has 0 atom stereocenters. The lowest BCUT2D eigenvalue weighted by Gasteiger charge is -2.12. The highest BCUT2D eigenvalue weighted by Gasteiger charge is 2.19. The summed E-state index contributed by atoms with van der Waals surface area (Å²) >= 11 is 12.2. The van der Waals surface area contributed by atoms with Gasteiger partial charge in [0, 0.05) is 17.7 Å². The van der Waals surface area contributed by atoms with Crippen LogP contribution in [0, 0.1) is 10.1 Å². The fourth-order valence-electron chi connectivity index (χ4n) is 2.52. The number of esters is 1. The molecule has 0 aliphatic heterocycles. The van der Waals surface area contributed by atoms with Gasteiger partial charge in [-0.1, -0.05) is 65.7 Å². The van der Waals surface area contributed by atoms with Gasteiger partial charge < -0.3 is 4.74 Å². The molecule has 0 unspecified atom stereocenters. The summed E-state index contributed by atoms with van der Waals surface area (Å²) in [6, 6.07) is 14.5. The second kappa shape index (κ2) is 8.85. The zero-order valence-corrected chi connectivity index (χ0v) is 16.3. The maximum absolute atomic E-state index is 12.3. The number of non-ortho nitro benzene ring substituents is 1. The molecule has 0 fully saturated rings. The molecule has 148 valence electrons. The van der Waals surface area contributed by atoms with Gasteiger partial charge in [-0.3, -0.25) is 24.3 Å². The van der Waals surface area contributed by atoms with E-state index >= 15 is 0 Å². The van der Waals surface area contributed by atoms with E-state index in [2.05, 4.69) is 4.98 Å². The van der Waals surface area contributed by atoms with Crippen LogP contribution >= 0.6 is 23.2 Å². The van der Waals surface area contributed by atoms with E-state index in [1.807, 2.05) is 6.07 Å². The minimum absolute atomic E-state index is 0.0304. The van der Waals surface area contributed by atoms with Crippen LogP contribution in [0.4, 0.5) is 5.69 Å². The Labute approximate surface area is 174 Å². The van der Waals surface area contributed by atoms with E-state index in [9.17, 15) is 19.7 Å². The minimum atomic E-state index is -0.775. The summed E-state index contributed by atoms with van der Waals surface area (Å²) in [5.41, 5.74) is 0.136. The first-order valence-corrected chi connectivity index (χ1v) is 9.02. The molecule has 0 N–H and O–H groups in total. The average Bonchev–Trinajstić information content (AvgIpc) is 2.73. The van der Waals surface area contributed by atoms with Crippen LogP contribution in [0.25, 0.3) is 11.3 Å². The number of nitro groups is 1. The van der Waals surface area contributed by atoms with E-state index in [4.69, 9.17) is 27.9 Å². The van der Waals surface area contributed by atoms with Gasteiger partial charge >= 0.3 is 5.97 Å². The van der Waals surface area contributed by atoms with Gasteiger partial charge in [-0.15, -0.1) is 0 Å². The lowest BCUT2D eigenvalue weighted by atomic mass is 10.1. The standard InChI is InChI=1S/C19H13Cl2N3O5/c20-17-19(26)23(10-15(25)29-11-12-5-2-1-3-6-12)18(21)16(22-17)13-7-4-8-14(9-13)24(27)28/h1-9H,10-11H2. The Morgan fingerprint density at radius 2 is 1.86 bits per heavy atom. The monoisotopic (exact) mass is 433 g/mol. The Kier molecular flexibility index (Phi) is 6.26. The molecule has 0 spiro atoms. The second-order valence-electron chi connectivity index (χ2n) is 5.89. The van der Waals surface area contributed by atoms with Crippen LogP contribution in [0.3, 0.4) is 0 Å². The number of nitro benzene ring substituents is 1. The molecule has 0 bridgehead atoms. The van der Waals surface area contributed by atoms with Gasteiger partial charge in [-0.2, -0.15) is 0 Å². The summed E-state index contributed by atoms with van der Waals surface area (Å²) in [5, 5.41) is 10.4. The molecule has 0 amide bonds. The molecule has 0 saturated heterocycles. The fraction of sp³-hybridized carbons (Fsp3) is 0.105. The van der Waals surface area contributed by atoms with Gasteiger partial charge in [0.25, 0.3) is 11.2 Å². The molecule has 2 aromatic carbocycles. The molecule has 0 radical (unpaired) electrons. The van der Waals surface area contributed by atoms with Crippen LogP contribution in [0.15, 0.2) is 59.4 Å². The summed E-state index contributed by atoms with van der Waals surface area (Å²) in [6.45, 7) is -0.461. The van der Waals surface area contributed by atoms with E-state index in [0.717, 1.165) is 10.1 Å². The molecule has 3 rings (SSSR count). The van der Waals surface area contributed by atoms with Crippen molar-refractivity contribution in [2.24, 2.45) is 0 Å². The van der Waals surface area contributed by atoms with Gasteiger partial charge in [-0.05, 0) is 5.56 Å². The summed E-state index contributed by atoms with van der Waals surface area (Å²) in [4.78, 5) is 38.9. The number of halogens is 2. The minimum Gasteiger partial charge on any atom is -0.459 e. The number of nitrogens with zero attached hydrogens (tertiary/aromatic N) is 3. The Hall–Kier alpha value is -3.23. The average molecular weight is 434 g/mol. The molecule has 1 aromatic heterocycles. The molecule has 3 aromatic rings. The van der Waals surface area contributed by atoms with Crippen molar-refractivity contribution in [2.75, 3.05) is 0 Å². The van der Waals surface area contributed by atoms with Crippen molar-refractivity contribution in [3.63, 3.8) is 0 Å². The topological polar surface area (TPSA) is 104 Å². The first kappa shape index (κ1) is 20.5. The SMILES string of the molecule is O=C(Cn1c(Cl)c(-c2cccc([N+](=O)[O-])c2)nc(Cl)c1=O)OCc1ccccc1. The normalized spacial score (nSPS) is 10.6. The molecule has 10 heteroatoms. The van der Waals surface area contributed by atoms with E-state index in [-0.39, 0.29) is 28.7 Å². The zero-order valence-electron chi connectivity index (χ0n) is 14.7.